The molecule has 0 N–H and O–H groups in total. The average molecular weight is 371 g/mol. The fourth-order valence-corrected chi connectivity index (χ4v) is 2.67. The van der Waals surface area contributed by atoms with Gasteiger partial charge in [0.05, 0.1) is 13.7 Å². The fourth-order valence-electron chi connectivity index (χ4n) is 2.47. The Morgan fingerprint density at radius 1 is 1.15 bits per heavy atom. The molecule has 0 saturated carbocycles. The predicted molar refractivity (Wildman–Crippen MR) is 102 cm³/mol. The standard InChI is InChI=1S/C20H19ClN2O3/c1-4-25-17-9-8-14(12-18(17)24-3)11-16(21)20-23-22-19(26-20)15-7-5-6-13(2)10-15/h5-12H,4H2,1-3H3/b16-11-. The highest BCUT2D eigenvalue weighted by Crippen LogP contribution is 2.31. The van der Waals surface area contributed by atoms with Gasteiger partial charge in [-0.1, -0.05) is 35.4 Å². The van der Waals surface area contributed by atoms with Crippen LogP contribution >= 0.6 is 11.6 Å². The summed E-state index contributed by atoms with van der Waals surface area (Å²) in [4.78, 5) is 0. The van der Waals surface area contributed by atoms with Gasteiger partial charge in [0.2, 0.25) is 5.89 Å². The van der Waals surface area contributed by atoms with Crippen molar-refractivity contribution in [3.63, 3.8) is 0 Å². The van der Waals surface area contributed by atoms with E-state index in [0.29, 0.717) is 29.0 Å². The molecule has 0 aliphatic carbocycles. The van der Waals surface area contributed by atoms with Crippen molar-refractivity contribution in [1.29, 1.82) is 0 Å². The molecule has 0 saturated heterocycles. The summed E-state index contributed by atoms with van der Waals surface area (Å²) in [6, 6.07) is 13.4. The highest BCUT2D eigenvalue weighted by atomic mass is 35.5. The number of benzene rings is 2. The first-order valence-corrected chi connectivity index (χ1v) is 8.57. The first kappa shape index (κ1) is 18.0. The molecule has 0 spiro atoms. The molecule has 0 amide bonds. The minimum Gasteiger partial charge on any atom is -0.493 e. The Bertz CT molecular complexity index is 934. The lowest BCUT2D eigenvalue weighted by atomic mass is 10.1. The van der Waals surface area contributed by atoms with Crippen LogP contribution in [0.4, 0.5) is 0 Å². The van der Waals surface area contributed by atoms with Gasteiger partial charge in [-0.3, -0.25) is 0 Å². The monoisotopic (exact) mass is 370 g/mol. The van der Waals surface area contributed by atoms with Gasteiger partial charge in [-0.2, -0.15) is 0 Å². The predicted octanol–water partition coefficient (Wildman–Crippen LogP) is 5.19. The molecule has 1 heterocycles. The lowest BCUT2D eigenvalue weighted by molar-refractivity contribution is 0.311. The number of nitrogens with zero attached hydrogens (tertiary/aromatic N) is 2. The number of rotatable bonds is 6. The van der Waals surface area contributed by atoms with Gasteiger partial charge in [0.15, 0.2) is 11.5 Å². The maximum absolute atomic E-state index is 6.36. The van der Waals surface area contributed by atoms with Crippen LogP contribution in [0.5, 0.6) is 11.5 Å². The maximum atomic E-state index is 6.36. The summed E-state index contributed by atoms with van der Waals surface area (Å²) >= 11 is 6.36. The molecular weight excluding hydrogens is 352 g/mol. The average Bonchev–Trinajstić information content (AvgIpc) is 3.13. The molecular formula is C20H19ClN2O3. The smallest absolute Gasteiger partial charge is 0.259 e. The van der Waals surface area contributed by atoms with E-state index in [1.165, 1.54) is 0 Å². The quantitative estimate of drug-likeness (QED) is 0.597. The summed E-state index contributed by atoms with van der Waals surface area (Å²) in [7, 11) is 1.60. The molecule has 2 aromatic carbocycles. The lowest BCUT2D eigenvalue weighted by Crippen LogP contribution is -1.95. The Hall–Kier alpha value is -2.79. The molecule has 0 unspecified atom stereocenters. The van der Waals surface area contributed by atoms with E-state index in [2.05, 4.69) is 10.2 Å². The van der Waals surface area contributed by atoms with Gasteiger partial charge >= 0.3 is 0 Å². The Labute approximate surface area is 157 Å². The summed E-state index contributed by atoms with van der Waals surface area (Å²) in [5.41, 5.74) is 2.81. The van der Waals surface area contributed by atoms with Crippen molar-refractivity contribution >= 4 is 22.7 Å². The van der Waals surface area contributed by atoms with E-state index in [-0.39, 0.29) is 5.89 Å². The Kier molecular flexibility index (Phi) is 5.58. The fraction of sp³-hybridized carbons (Fsp3) is 0.200. The second-order valence-corrected chi connectivity index (χ2v) is 6.02. The van der Waals surface area contributed by atoms with Crippen LogP contribution in [0, 0.1) is 6.92 Å². The van der Waals surface area contributed by atoms with E-state index in [1.54, 1.807) is 13.2 Å². The first-order valence-electron chi connectivity index (χ1n) is 8.19. The number of methoxy groups -OCH3 is 1. The molecule has 3 aromatic rings. The van der Waals surface area contributed by atoms with Crippen LogP contribution < -0.4 is 9.47 Å². The van der Waals surface area contributed by atoms with Crippen molar-refractivity contribution in [1.82, 2.24) is 10.2 Å². The van der Waals surface area contributed by atoms with Crippen molar-refractivity contribution in [3.8, 4) is 23.0 Å². The van der Waals surface area contributed by atoms with Crippen molar-refractivity contribution in [2.45, 2.75) is 13.8 Å². The minimum absolute atomic E-state index is 0.260. The Morgan fingerprint density at radius 2 is 2.00 bits per heavy atom. The van der Waals surface area contributed by atoms with Gasteiger partial charge in [-0.15, -0.1) is 10.2 Å². The van der Waals surface area contributed by atoms with Crippen LogP contribution in [-0.2, 0) is 0 Å². The molecule has 5 nitrogen and oxygen atoms in total. The number of aromatic nitrogens is 2. The molecule has 0 aliphatic heterocycles. The van der Waals surface area contributed by atoms with E-state index in [0.717, 1.165) is 16.7 Å². The summed E-state index contributed by atoms with van der Waals surface area (Å²) in [5, 5.41) is 8.46. The van der Waals surface area contributed by atoms with E-state index >= 15 is 0 Å². The molecule has 0 fully saturated rings. The minimum atomic E-state index is 0.260. The van der Waals surface area contributed by atoms with E-state index in [9.17, 15) is 0 Å². The highest BCUT2D eigenvalue weighted by Gasteiger charge is 2.12. The Balaban J connectivity index is 1.86. The number of halogens is 1. The largest absolute Gasteiger partial charge is 0.493 e. The van der Waals surface area contributed by atoms with Crippen molar-refractivity contribution in [2.75, 3.05) is 13.7 Å². The molecule has 6 heteroatoms. The molecule has 0 radical (unpaired) electrons. The second-order valence-electron chi connectivity index (χ2n) is 5.62. The van der Waals surface area contributed by atoms with Gasteiger partial charge in [-0.05, 0) is 49.8 Å². The highest BCUT2D eigenvalue weighted by molar-refractivity contribution is 6.50. The summed E-state index contributed by atoms with van der Waals surface area (Å²) in [6.45, 7) is 4.49. The van der Waals surface area contributed by atoms with Crippen molar-refractivity contribution < 1.29 is 13.9 Å². The van der Waals surface area contributed by atoms with Crippen LogP contribution in [0.1, 0.15) is 23.9 Å². The van der Waals surface area contributed by atoms with Crippen LogP contribution in [0.15, 0.2) is 46.9 Å². The number of aryl methyl sites for hydroxylation is 1. The maximum Gasteiger partial charge on any atom is 0.259 e. The van der Waals surface area contributed by atoms with Crippen LogP contribution in [-0.4, -0.2) is 23.9 Å². The third-order valence-corrected chi connectivity index (χ3v) is 3.95. The number of ether oxygens (including phenoxy) is 2. The van der Waals surface area contributed by atoms with E-state index < -0.39 is 0 Å². The molecule has 1 aromatic heterocycles. The van der Waals surface area contributed by atoms with Gasteiger partial charge in [0.1, 0.15) is 5.03 Å². The van der Waals surface area contributed by atoms with Crippen LogP contribution in [0.2, 0.25) is 0 Å². The normalized spacial score (nSPS) is 11.5. The zero-order valence-corrected chi connectivity index (χ0v) is 15.6. The van der Waals surface area contributed by atoms with Gasteiger partial charge in [0.25, 0.3) is 5.89 Å². The molecule has 134 valence electrons. The first-order chi connectivity index (χ1) is 12.6. The van der Waals surface area contributed by atoms with Gasteiger partial charge in [-0.25, -0.2) is 0 Å². The van der Waals surface area contributed by atoms with E-state index in [4.69, 9.17) is 25.5 Å². The molecule has 0 aliphatic rings. The van der Waals surface area contributed by atoms with Crippen LogP contribution in [0.25, 0.3) is 22.6 Å². The van der Waals surface area contributed by atoms with Gasteiger partial charge < -0.3 is 13.9 Å². The van der Waals surface area contributed by atoms with Crippen molar-refractivity contribution in [2.24, 2.45) is 0 Å². The van der Waals surface area contributed by atoms with Gasteiger partial charge in [0, 0.05) is 5.56 Å². The topological polar surface area (TPSA) is 57.4 Å². The lowest BCUT2D eigenvalue weighted by Gasteiger charge is -2.09. The zero-order valence-electron chi connectivity index (χ0n) is 14.8. The third kappa shape index (κ3) is 4.06. The summed E-state index contributed by atoms with van der Waals surface area (Å²) in [6.07, 6.45) is 1.74. The number of hydrogen-bond donors (Lipinski definition) is 0. The third-order valence-electron chi connectivity index (χ3n) is 3.68. The van der Waals surface area contributed by atoms with Crippen LogP contribution in [0.3, 0.4) is 0 Å². The molecule has 0 bridgehead atoms. The molecule has 26 heavy (non-hydrogen) atoms. The molecule has 0 atom stereocenters. The Morgan fingerprint density at radius 3 is 2.73 bits per heavy atom. The second kappa shape index (κ2) is 8.06. The SMILES string of the molecule is CCOc1ccc(/C=C(\Cl)c2nnc(-c3cccc(C)c3)o2)cc1OC. The number of hydrogen-bond acceptors (Lipinski definition) is 5. The van der Waals surface area contributed by atoms with Crippen molar-refractivity contribution in [3.05, 3.63) is 59.5 Å². The summed E-state index contributed by atoms with van der Waals surface area (Å²) in [5.74, 6) is 2.01. The molecule has 3 rings (SSSR count). The summed E-state index contributed by atoms with van der Waals surface area (Å²) < 4.78 is 16.6. The van der Waals surface area contributed by atoms with E-state index in [1.807, 2.05) is 56.3 Å². The zero-order chi connectivity index (χ0) is 18.5.